The molecule has 0 spiro atoms. The summed E-state index contributed by atoms with van der Waals surface area (Å²) in [6, 6.07) is 11.8. The second kappa shape index (κ2) is 6.34. The van der Waals surface area contributed by atoms with Gasteiger partial charge in [0.1, 0.15) is 4.99 Å². The van der Waals surface area contributed by atoms with Gasteiger partial charge >= 0.3 is 0 Å². The minimum absolute atomic E-state index is 0.417. The monoisotopic (exact) mass is 287 g/mol. The van der Waals surface area contributed by atoms with E-state index in [9.17, 15) is 0 Å². The van der Waals surface area contributed by atoms with Gasteiger partial charge in [-0.1, -0.05) is 30.4 Å². The molecule has 0 aliphatic carbocycles. The van der Waals surface area contributed by atoms with E-state index in [1.165, 1.54) is 0 Å². The number of hydrogen-bond donors (Lipinski definition) is 1. The minimum atomic E-state index is 0.417. The van der Waals surface area contributed by atoms with Crippen molar-refractivity contribution < 1.29 is 4.74 Å². The van der Waals surface area contributed by atoms with Gasteiger partial charge in [-0.15, -0.1) is 0 Å². The molecule has 0 aliphatic heterocycles. The van der Waals surface area contributed by atoms with Crippen molar-refractivity contribution in [3.63, 3.8) is 0 Å². The number of hydrogen-bond acceptors (Lipinski definition) is 4. The van der Waals surface area contributed by atoms with Gasteiger partial charge < -0.3 is 15.4 Å². The van der Waals surface area contributed by atoms with Crippen LogP contribution in [0.2, 0.25) is 0 Å². The molecule has 0 unspecified atom stereocenters. The Labute approximate surface area is 124 Å². The number of methoxy groups -OCH3 is 1. The molecule has 0 saturated heterocycles. The standard InChI is InChI=1S/C15H17N3OS/c1-18(13-6-7-17-14(9-13)19-2)10-11-4-3-5-12(8-11)15(16)20/h3-9H,10H2,1-2H3,(H2,16,20). The smallest absolute Gasteiger partial charge is 0.214 e. The van der Waals surface area contributed by atoms with Crippen molar-refractivity contribution in [3.05, 3.63) is 53.7 Å². The van der Waals surface area contributed by atoms with E-state index < -0.39 is 0 Å². The molecule has 104 valence electrons. The Morgan fingerprint density at radius 3 is 2.85 bits per heavy atom. The van der Waals surface area contributed by atoms with Crippen molar-refractivity contribution in [1.82, 2.24) is 4.98 Å². The van der Waals surface area contributed by atoms with Crippen LogP contribution < -0.4 is 15.4 Å². The third-order valence-electron chi connectivity index (χ3n) is 3.00. The first-order valence-corrected chi connectivity index (χ1v) is 6.61. The van der Waals surface area contributed by atoms with Crippen molar-refractivity contribution >= 4 is 22.9 Å². The van der Waals surface area contributed by atoms with Gasteiger partial charge in [0, 0.05) is 37.1 Å². The molecule has 2 rings (SSSR count). The summed E-state index contributed by atoms with van der Waals surface area (Å²) in [4.78, 5) is 6.63. The molecule has 1 aromatic heterocycles. The number of thiocarbonyl (C=S) groups is 1. The number of anilines is 1. The lowest BCUT2D eigenvalue weighted by Crippen LogP contribution is -2.17. The molecule has 1 heterocycles. The van der Waals surface area contributed by atoms with Crippen LogP contribution in [0, 0.1) is 0 Å². The van der Waals surface area contributed by atoms with Gasteiger partial charge in [0.05, 0.1) is 7.11 Å². The Bertz CT molecular complexity index is 616. The molecular weight excluding hydrogens is 270 g/mol. The van der Waals surface area contributed by atoms with E-state index in [4.69, 9.17) is 22.7 Å². The topological polar surface area (TPSA) is 51.4 Å². The predicted octanol–water partition coefficient (Wildman–Crippen LogP) is 2.36. The SMILES string of the molecule is COc1cc(N(C)Cc2cccc(C(N)=S)c2)ccn1. The van der Waals surface area contributed by atoms with Crippen LogP contribution >= 0.6 is 12.2 Å². The van der Waals surface area contributed by atoms with E-state index in [0.29, 0.717) is 10.9 Å². The van der Waals surface area contributed by atoms with Crippen LogP contribution in [0.4, 0.5) is 5.69 Å². The van der Waals surface area contributed by atoms with E-state index in [1.807, 2.05) is 37.4 Å². The maximum absolute atomic E-state index is 5.66. The van der Waals surface area contributed by atoms with Gasteiger partial charge in [0.2, 0.25) is 5.88 Å². The van der Waals surface area contributed by atoms with Crippen LogP contribution in [-0.4, -0.2) is 24.1 Å². The number of aromatic nitrogens is 1. The molecule has 5 heteroatoms. The van der Waals surface area contributed by atoms with Crippen molar-refractivity contribution in [1.29, 1.82) is 0 Å². The van der Waals surface area contributed by atoms with Gasteiger partial charge in [0.15, 0.2) is 0 Å². The van der Waals surface area contributed by atoms with Gasteiger partial charge in [-0.05, 0) is 17.7 Å². The number of nitrogens with zero attached hydrogens (tertiary/aromatic N) is 2. The summed E-state index contributed by atoms with van der Waals surface area (Å²) in [5.74, 6) is 0.603. The molecule has 4 nitrogen and oxygen atoms in total. The molecular formula is C15H17N3OS. The third-order valence-corrected chi connectivity index (χ3v) is 3.24. The Hall–Kier alpha value is -2.14. The highest BCUT2D eigenvalue weighted by Crippen LogP contribution is 2.19. The summed E-state index contributed by atoms with van der Waals surface area (Å²) < 4.78 is 5.13. The largest absolute Gasteiger partial charge is 0.481 e. The first-order valence-electron chi connectivity index (χ1n) is 6.20. The molecule has 0 radical (unpaired) electrons. The van der Waals surface area contributed by atoms with Gasteiger partial charge in [-0.3, -0.25) is 0 Å². The molecule has 0 fully saturated rings. The fourth-order valence-corrected chi connectivity index (χ4v) is 2.06. The van der Waals surface area contributed by atoms with Crippen molar-refractivity contribution in [2.75, 3.05) is 19.1 Å². The second-order valence-corrected chi connectivity index (χ2v) is 4.92. The van der Waals surface area contributed by atoms with Gasteiger partial charge in [-0.25, -0.2) is 4.98 Å². The fraction of sp³-hybridized carbons (Fsp3) is 0.200. The zero-order chi connectivity index (χ0) is 14.5. The maximum Gasteiger partial charge on any atom is 0.214 e. The number of pyridine rings is 1. The molecule has 20 heavy (non-hydrogen) atoms. The Balaban J connectivity index is 2.16. The minimum Gasteiger partial charge on any atom is -0.481 e. The molecule has 0 bridgehead atoms. The zero-order valence-electron chi connectivity index (χ0n) is 11.5. The van der Waals surface area contributed by atoms with Crippen LogP contribution in [-0.2, 0) is 6.54 Å². The predicted molar refractivity (Wildman–Crippen MR) is 85.2 cm³/mol. The first-order chi connectivity index (χ1) is 9.60. The number of benzene rings is 1. The Kier molecular flexibility index (Phi) is 4.53. The lowest BCUT2D eigenvalue weighted by Gasteiger charge is -2.20. The summed E-state index contributed by atoms with van der Waals surface area (Å²) >= 11 is 5.00. The molecule has 2 N–H and O–H groups in total. The lowest BCUT2D eigenvalue weighted by molar-refractivity contribution is 0.398. The van der Waals surface area contributed by atoms with Gasteiger partial charge in [-0.2, -0.15) is 0 Å². The second-order valence-electron chi connectivity index (χ2n) is 4.48. The lowest BCUT2D eigenvalue weighted by atomic mass is 10.1. The summed E-state index contributed by atoms with van der Waals surface area (Å²) in [6.45, 7) is 0.754. The molecule has 1 aromatic carbocycles. The molecule has 0 saturated carbocycles. The van der Waals surface area contributed by atoms with Gasteiger partial charge in [0.25, 0.3) is 0 Å². The van der Waals surface area contributed by atoms with Crippen LogP contribution in [0.3, 0.4) is 0 Å². The summed E-state index contributed by atoms with van der Waals surface area (Å²) in [6.07, 6.45) is 1.73. The highest BCUT2D eigenvalue weighted by atomic mass is 32.1. The van der Waals surface area contributed by atoms with E-state index in [1.54, 1.807) is 13.3 Å². The number of rotatable bonds is 5. The van der Waals surface area contributed by atoms with Crippen molar-refractivity contribution in [2.45, 2.75) is 6.54 Å². The average molecular weight is 287 g/mol. The van der Waals surface area contributed by atoms with Crippen molar-refractivity contribution in [3.8, 4) is 5.88 Å². The molecule has 0 aliphatic rings. The van der Waals surface area contributed by atoms with Crippen LogP contribution in [0.5, 0.6) is 5.88 Å². The summed E-state index contributed by atoms with van der Waals surface area (Å²) in [5.41, 5.74) is 8.73. The van der Waals surface area contributed by atoms with Crippen LogP contribution in [0.15, 0.2) is 42.6 Å². The molecule has 0 amide bonds. The highest BCUT2D eigenvalue weighted by Gasteiger charge is 2.05. The van der Waals surface area contributed by atoms with E-state index in [-0.39, 0.29) is 0 Å². The average Bonchev–Trinajstić information content (AvgIpc) is 2.47. The van der Waals surface area contributed by atoms with Crippen LogP contribution in [0.1, 0.15) is 11.1 Å². The Morgan fingerprint density at radius 2 is 2.15 bits per heavy atom. The number of nitrogens with two attached hydrogens (primary N) is 1. The van der Waals surface area contributed by atoms with Crippen molar-refractivity contribution in [2.24, 2.45) is 5.73 Å². The quantitative estimate of drug-likeness (QED) is 0.856. The number of ether oxygens (including phenoxy) is 1. The maximum atomic E-state index is 5.66. The van der Waals surface area contributed by atoms with Crippen LogP contribution in [0.25, 0.3) is 0 Å². The summed E-state index contributed by atoms with van der Waals surface area (Å²) in [7, 11) is 3.62. The van der Waals surface area contributed by atoms with E-state index >= 15 is 0 Å². The first kappa shape index (κ1) is 14.3. The highest BCUT2D eigenvalue weighted by molar-refractivity contribution is 7.80. The van der Waals surface area contributed by atoms with E-state index in [2.05, 4.69) is 16.0 Å². The normalized spacial score (nSPS) is 10.1. The molecule has 0 atom stereocenters. The zero-order valence-corrected chi connectivity index (χ0v) is 12.4. The summed E-state index contributed by atoms with van der Waals surface area (Å²) in [5, 5.41) is 0. The Morgan fingerprint density at radius 1 is 1.35 bits per heavy atom. The third kappa shape index (κ3) is 3.45. The molecule has 2 aromatic rings. The van der Waals surface area contributed by atoms with E-state index in [0.717, 1.165) is 23.4 Å². The fourth-order valence-electron chi connectivity index (χ4n) is 1.94.